The van der Waals surface area contributed by atoms with Gasteiger partial charge in [-0.2, -0.15) is 0 Å². The molecule has 11 aromatic carbocycles. The van der Waals surface area contributed by atoms with Crippen LogP contribution in [0.25, 0.3) is 66.4 Å². The molecule has 0 fully saturated rings. The molecule has 0 aliphatic heterocycles. The Morgan fingerprint density at radius 1 is 0.358 bits per heavy atom. The van der Waals surface area contributed by atoms with Crippen LogP contribution in [-0.2, 0) is 0 Å². The summed E-state index contributed by atoms with van der Waals surface area (Å²) in [6.45, 7) is 0. The van der Waals surface area contributed by atoms with Gasteiger partial charge in [-0.3, -0.25) is 0 Å². The van der Waals surface area contributed by atoms with E-state index in [1.807, 2.05) is 30.3 Å². The van der Waals surface area contributed by atoms with Crippen molar-refractivity contribution in [2.24, 2.45) is 0 Å². The van der Waals surface area contributed by atoms with Crippen LogP contribution in [0.3, 0.4) is 0 Å². The quantitative estimate of drug-likeness (QED) is 0.128. The molecule has 0 bridgehead atoms. The van der Waals surface area contributed by atoms with Crippen molar-refractivity contribution in [1.82, 2.24) is 4.98 Å². The Kier molecular flexibility index (Phi) is 10.3. The second kappa shape index (κ2) is 17.2. The molecule has 1 aromatic heterocycles. The van der Waals surface area contributed by atoms with Crippen LogP contribution < -0.4 is 4.90 Å². The molecular weight excluding hydrogens is 833 g/mol. The van der Waals surface area contributed by atoms with Crippen LogP contribution in [0.4, 0.5) is 17.1 Å². The van der Waals surface area contributed by atoms with Crippen molar-refractivity contribution < 1.29 is 4.42 Å². The average Bonchev–Trinajstić information content (AvgIpc) is 3.86. The monoisotopic (exact) mass is 876 g/mol. The summed E-state index contributed by atoms with van der Waals surface area (Å²) >= 11 is 0. The molecular formula is C63H44N2OS. The number of benzene rings is 11. The molecule has 0 saturated carbocycles. The predicted molar refractivity (Wildman–Crippen MR) is 280 cm³/mol. The van der Waals surface area contributed by atoms with Crippen LogP contribution in [0.2, 0.25) is 0 Å². The summed E-state index contributed by atoms with van der Waals surface area (Å²) in [6, 6.07) is 96.6. The third-order valence-electron chi connectivity index (χ3n) is 12.8. The molecule has 0 aliphatic rings. The van der Waals surface area contributed by atoms with Crippen molar-refractivity contribution in [3.05, 3.63) is 267 Å². The summed E-state index contributed by atoms with van der Waals surface area (Å²) in [5.41, 5.74) is 10.5. The molecule has 0 radical (unpaired) electrons. The van der Waals surface area contributed by atoms with Gasteiger partial charge in [0.05, 0.1) is 5.69 Å². The lowest BCUT2D eigenvalue weighted by molar-refractivity contribution is 0.623. The highest BCUT2D eigenvalue weighted by molar-refractivity contribution is 8.34. The van der Waals surface area contributed by atoms with E-state index in [0.717, 1.165) is 60.8 Å². The smallest absolute Gasteiger partial charge is 0.227 e. The molecule has 3 nitrogen and oxygen atoms in total. The van der Waals surface area contributed by atoms with Gasteiger partial charge in [0.1, 0.15) is 5.52 Å². The Labute approximate surface area is 392 Å². The molecule has 0 unspecified atom stereocenters. The minimum absolute atomic E-state index is 0.614. The molecule has 1 heterocycles. The number of anilines is 3. The van der Waals surface area contributed by atoms with Crippen molar-refractivity contribution in [2.75, 3.05) is 4.90 Å². The first-order chi connectivity index (χ1) is 33.2. The third-order valence-corrected chi connectivity index (χ3v) is 16.7. The van der Waals surface area contributed by atoms with E-state index in [2.05, 4.69) is 241 Å². The Bertz CT molecular complexity index is 3610. The van der Waals surface area contributed by atoms with Crippen LogP contribution in [0.1, 0.15) is 0 Å². The van der Waals surface area contributed by atoms with E-state index in [1.165, 1.54) is 36.3 Å². The Morgan fingerprint density at radius 3 is 1.42 bits per heavy atom. The molecule has 0 saturated heterocycles. The first-order valence-electron chi connectivity index (χ1n) is 22.7. The lowest BCUT2D eigenvalue weighted by atomic mass is 10.00. The SMILES string of the molecule is c1ccc(-c2ccc(N(c3ccc4ccc5ccc6nc(-c7ccccc7)oc6c5c4c3)c3ccccc3S(c3ccccc3)(c3ccccc3)c3ccc(-c4ccccc4)cc3)cc2)cc1. The predicted octanol–water partition coefficient (Wildman–Crippen LogP) is 17.9. The first-order valence-corrected chi connectivity index (χ1v) is 24.3. The number of fused-ring (bicyclic) bond motifs is 5. The molecule has 0 N–H and O–H groups in total. The van der Waals surface area contributed by atoms with Gasteiger partial charge in [-0.25, -0.2) is 4.98 Å². The van der Waals surface area contributed by atoms with E-state index >= 15 is 0 Å². The molecule has 0 atom stereocenters. The highest BCUT2D eigenvalue weighted by atomic mass is 32.3. The maximum absolute atomic E-state index is 6.73. The van der Waals surface area contributed by atoms with Crippen LogP contribution in [0.5, 0.6) is 0 Å². The van der Waals surface area contributed by atoms with Gasteiger partial charge in [-0.15, -0.1) is 10.0 Å². The van der Waals surface area contributed by atoms with Gasteiger partial charge in [0.15, 0.2) is 5.58 Å². The fourth-order valence-electron chi connectivity index (χ4n) is 9.63. The van der Waals surface area contributed by atoms with Gasteiger partial charge in [-0.05, 0) is 129 Å². The molecule has 4 heteroatoms. The van der Waals surface area contributed by atoms with Gasteiger partial charge in [0, 0.05) is 41.9 Å². The maximum atomic E-state index is 6.73. The number of aromatic nitrogens is 1. The normalized spacial score (nSPS) is 11.8. The average molecular weight is 877 g/mol. The molecule has 318 valence electrons. The van der Waals surface area contributed by atoms with Gasteiger partial charge in [-0.1, -0.05) is 176 Å². The highest BCUT2D eigenvalue weighted by Gasteiger charge is 2.37. The molecule has 67 heavy (non-hydrogen) atoms. The van der Waals surface area contributed by atoms with Gasteiger partial charge in [0.25, 0.3) is 0 Å². The zero-order chi connectivity index (χ0) is 44.6. The number of nitrogens with zero attached hydrogens (tertiary/aromatic N) is 2. The van der Waals surface area contributed by atoms with E-state index in [9.17, 15) is 0 Å². The Balaban J connectivity index is 1.13. The fraction of sp³-hybridized carbons (Fsp3) is 0. The first kappa shape index (κ1) is 40.1. The minimum atomic E-state index is -2.15. The number of oxazole rings is 1. The van der Waals surface area contributed by atoms with Crippen molar-refractivity contribution in [3.8, 4) is 33.7 Å². The zero-order valence-electron chi connectivity index (χ0n) is 36.6. The minimum Gasteiger partial charge on any atom is -0.435 e. The van der Waals surface area contributed by atoms with Crippen LogP contribution in [0, 0.1) is 0 Å². The highest BCUT2D eigenvalue weighted by Crippen LogP contribution is 2.75. The molecule has 0 amide bonds. The lowest BCUT2D eigenvalue weighted by Crippen LogP contribution is -2.15. The van der Waals surface area contributed by atoms with Gasteiger partial charge in [0.2, 0.25) is 5.89 Å². The molecule has 0 aliphatic carbocycles. The van der Waals surface area contributed by atoms with Crippen LogP contribution >= 0.6 is 10.0 Å². The number of para-hydroxylation sites is 1. The Morgan fingerprint density at radius 2 is 0.806 bits per heavy atom. The van der Waals surface area contributed by atoms with Crippen LogP contribution in [-0.4, -0.2) is 4.98 Å². The summed E-state index contributed by atoms with van der Waals surface area (Å²) in [7, 11) is -2.15. The van der Waals surface area contributed by atoms with Gasteiger partial charge < -0.3 is 9.32 Å². The number of rotatable bonds is 10. The Hall–Kier alpha value is -8.44. The summed E-state index contributed by atoms with van der Waals surface area (Å²) in [6.07, 6.45) is 0. The van der Waals surface area contributed by atoms with E-state index in [0.29, 0.717) is 5.89 Å². The van der Waals surface area contributed by atoms with E-state index in [1.54, 1.807) is 0 Å². The van der Waals surface area contributed by atoms with E-state index in [4.69, 9.17) is 9.40 Å². The molecule has 12 rings (SSSR count). The van der Waals surface area contributed by atoms with Gasteiger partial charge >= 0.3 is 0 Å². The lowest BCUT2D eigenvalue weighted by Gasteiger charge is -2.44. The van der Waals surface area contributed by atoms with Crippen molar-refractivity contribution >= 4 is 59.7 Å². The topological polar surface area (TPSA) is 29.3 Å². The summed E-state index contributed by atoms with van der Waals surface area (Å²) in [5.74, 6) is 0.614. The fourth-order valence-corrected chi connectivity index (χ4v) is 13.6. The van der Waals surface area contributed by atoms with Crippen LogP contribution in [0.15, 0.2) is 291 Å². The largest absolute Gasteiger partial charge is 0.435 e. The second-order valence-electron chi connectivity index (χ2n) is 16.7. The summed E-state index contributed by atoms with van der Waals surface area (Å²) in [4.78, 5) is 12.5. The van der Waals surface area contributed by atoms with Crippen molar-refractivity contribution in [1.29, 1.82) is 0 Å². The van der Waals surface area contributed by atoms with Crippen molar-refractivity contribution in [3.63, 3.8) is 0 Å². The number of hydrogen-bond acceptors (Lipinski definition) is 3. The maximum Gasteiger partial charge on any atom is 0.227 e. The number of hydrogen-bond donors (Lipinski definition) is 0. The third kappa shape index (κ3) is 7.16. The zero-order valence-corrected chi connectivity index (χ0v) is 37.4. The van der Waals surface area contributed by atoms with E-state index < -0.39 is 10.0 Å². The molecule has 0 spiro atoms. The van der Waals surface area contributed by atoms with Crippen molar-refractivity contribution in [2.45, 2.75) is 19.6 Å². The summed E-state index contributed by atoms with van der Waals surface area (Å²) < 4.78 is 6.73. The summed E-state index contributed by atoms with van der Waals surface area (Å²) in [5, 5.41) is 4.37. The standard InChI is InChI=1S/C63H44N2OS/c1-6-18-45(19-7-1)47-32-38-52(39-33-47)65(53-40-34-49-30-31-50-37-43-58-62(61(50)57(49)44-53)66-63(64-58)51-22-10-3-11-23-51)59-28-16-17-29-60(59)67(54-24-12-4-13-25-54,55-26-14-5-15-27-55)56-41-35-48(36-42-56)46-20-8-2-9-21-46/h1-44H. The molecule has 12 aromatic rings. The van der Waals surface area contributed by atoms with E-state index in [-0.39, 0.29) is 0 Å². The second-order valence-corrected chi connectivity index (χ2v) is 19.8.